The number of aromatic amines is 1. The highest BCUT2D eigenvalue weighted by Gasteiger charge is 2.27. The third-order valence-electron chi connectivity index (χ3n) is 3.73. The fourth-order valence-electron chi connectivity index (χ4n) is 2.55. The molecule has 0 bridgehead atoms. The van der Waals surface area contributed by atoms with Gasteiger partial charge in [-0.1, -0.05) is 20.8 Å². The van der Waals surface area contributed by atoms with Gasteiger partial charge in [-0.2, -0.15) is 9.61 Å². The van der Waals surface area contributed by atoms with Gasteiger partial charge in [-0.15, -0.1) is 0 Å². The summed E-state index contributed by atoms with van der Waals surface area (Å²) in [5.41, 5.74) is 1.50. The minimum absolute atomic E-state index is 0.126. The van der Waals surface area contributed by atoms with Crippen LogP contribution in [0.2, 0.25) is 0 Å². The van der Waals surface area contributed by atoms with Crippen molar-refractivity contribution in [2.75, 3.05) is 0 Å². The van der Waals surface area contributed by atoms with Crippen molar-refractivity contribution < 1.29 is 0 Å². The van der Waals surface area contributed by atoms with E-state index < -0.39 is 0 Å². The summed E-state index contributed by atoms with van der Waals surface area (Å²) < 4.78 is 3.25. The van der Waals surface area contributed by atoms with Crippen LogP contribution in [0.15, 0.2) is 23.5 Å². The molecule has 0 atom stereocenters. The molecule has 0 saturated heterocycles. The van der Waals surface area contributed by atoms with Crippen molar-refractivity contribution >= 4 is 5.78 Å². The molecule has 0 amide bonds. The number of H-pyrrole nitrogens is 1. The molecule has 0 radical (unpaired) electrons. The van der Waals surface area contributed by atoms with E-state index in [2.05, 4.69) is 40.9 Å². The topological polar surface area (TPSA) is 80.9 Å². The van der Waals surface area contributed by atoms with E-state index in [1.165, 1.54) is 10.8 Å². The zero-order valence-electron chi connectivity index (χ0n) is 14.4. The van der Waals surface area contributed by atoms with E-state index in [4.69, 9.17) is 0 Å². The van der Waals surface area contributed by atoms with Crippen LogP contribution in [-0.4, -0.2) is 29.4 Å². The first-order valence-electron chi connectivity index (χ1n) is 7.61. The molecule has 3 rings (SSSR count). The molecule has 0 aromatic carbocycles. The van der Waals surface area contributed by atoms with Gasteiger partial charge in [0.2, 0.25) is 0 Å². The van der Waals surface area contributed by atoms with E-state index in [1.54, 1.807) is 6.20 Å². The molecule has 122 valence electrons. The molecule has 3 aromatic rings. The van der Waals surface area contributed by atoms with Gasteiger partial charge in [0.25, 0.3) is 11.3 Å². The molecule has 23 heavy (non-hydrogen) atoms. The van der Waals surface area contributed by atoms with Gasteiger partial charge in [0, 0.05) is 11.8 Å². The molecule has 0 spiro atoms. The van der Waals surface area contributed by atoms with Crippen molar-refractivity contribution in [3.05, 3.63) is 34.6 Å². The van der Waals surface area contributed by atoms with E-state index in [0.29, 0.717) is 17.0 Å². The highest BCUT2D eigenvalue weighted by atomic mass is 16.1. The Morgan fingerprint density at radius 2 is 1.83 bits per heavy atom. The summed E-state index contributed by atoms with van der Waals surface area (Å²) in [4.78, 5) is 21.6. The summed E-state index contributed by atoms with van der Waals surface area (Å²) in [5, 5.41) is 7.24. The van der Waals surface area contributed by atoms with Crippen molar-refractivity contribution in [3.8, 4) is 11.3 Å². The normalized spacial score (nSPS) is 13.0. The number of nitrogens with zero attached hydrogens (tertiary/aromatic N) is 5. The Bertz CT molecular complexity index is 917. The Labute approximate surface area is 134 Å². The fourth-order valence-corrected chi connectivity index (χ4v) is 2.55. The van der Waals surface area contributed by atoms with Gasteiger partial charge in [-0.05, 0) is 26.2 Å². The molecule has 3 aromatic heterocycles. The van der Waals surface area contributed by atoms with Gasteiger partial charge in [-0.3, -0.25) is 14.6 Å². The first kappa shape index (κ1) is 15.5. The molecule has 0 unspecified atom stereocenters. The number of aromatic nitrogens is 6. The van der Waals surface area contributed by atoms with Crippen molar-refractivity contribution in [3.63, 3.8) is 0 Å². The highest BCUT2D eigenvalue weighted by Crippen LogP contribution is 2.29. The molecule has 0 aliphatic heterocycles. The van der Waals surface area contributed by atoms with Crippen molar-refractivity contribution in [2.24, 2.45) is 0 Å². The lowest BCUT2D eigenvalue weighted by molar-refractivity contribution is 0.355. The average Bonchev–Trinajstić information content (AvgIpc) is 3.05. The Morgan fingerprint density at radius 3 is 2.39 bits per heavy atom. The summed E-state index contributed by atoms with van der Waals surface area (Å²) in [6.45, 7) is 12.2. The molecular weight excluding hydrogens is 292 g/mol. The first-order chi connectivity index (χ1) is 10.6. The number of hydrogen-bond acceptors (Lipinski definition) is 4. The van der Waals surface area contributed by atoms with Crippen LogP contribution in [0.5, 0.6) is 0 Å². The SMILES string of the molecule is CC(C)(C)c1c(-c2cnn(C(C)(C)C)c2)nc2nc[nH]n2c1=O. The fraction of sp³-hybridized carbons (Fsp3) is 0.500. The Hall–Kier alpha value is -2.44. The lowest BCUT2D eigenvalue weighted by Crippen LogP contribution is -2.30. The second kappa shape index (κ2) is 4.78. The Balaban J connectivity index is 2.32. The maximum atomic E-state index is 12.9. The van der Waals surface area contributed by atoms with Crippen LogP contribution in [0.3, 0.4) is 0 Å². The van der Waals surface area contributed by atoms with Crippen LogP contribution in [0.1, 0.15) is 47.1 Å². The number of nitrogens with one attached hydrogen (secondary N) is 1. The van der Waals surface area contributed by atoms with E-state index in [1.807, 2.05) is 31.6 Å². The molecule has 1 N–H and O–H groups in total. The average molecular weight is 314 g/mol. The Kier molecular flexibility index (Phi) is 3.21. The molecule has 0 saturated carbocycles. The van der Waals surface area contributed by atoms with Gasteiger partial charge in [0.15, 0.2) is 0 Å². The quantitative estimate of drug-likeness (QED) is 0.747. The summed E-state index contributed by atoms with van der Waals surface area (Å²) in [6, 6.07) is 0. The maximum Gasteiger partial charge on any atom is 0.278 e. The van der Waals surface area contributed by atoms with Crippen LogP contribution in [0.25, 0.3) is 17.0 Å². The van der Waals surface area contributed by atoms with Gasteiger partial charge < -0.3 is 0 Å². The van der Waals surface area contributed by atoms with Crippen molar-refractivity contribution in [2.45, 2.75) is 52.5 Å². The van der Waals surface area contributed by atoms with E-state index >= 15 is 0 Å². The summed E-state index contributed by atoms with van der Waals surface area (Å²) in [7, 11) is 0. The zero-order valence-corrected chi connectivity index (χ0v) is 14.4. The standard InChI is InChI=1S/C16H22N6O/c1-15(2,3)11-12(10-7-18-21(8-10)16(4,5)6)20-14-17-9-19-22(14)13(11)23/h7-9H,1-6H3,(H,17,19,20). The maximum absolute atomic E-state index is 12.9. The number of rotatable bonds is 1. The first-order valence-corrected chi connectivity index (χ1v) is 7.61. The molecular formula is C16H22N6O. The molecule has 7 heteroatoms. The highest BCUT2D eigenvalue weighted by molar-refractivity contribution is 5.64. The summed E-state index contributed by atoms with van der Waals surface area (Å²) in [6.07, 6.45) is 5.16. The zero-order chi connectivity index (χ0) is 17.0. The smallest absolute Gasteiger partial charge is 0.278 e. The molecule has 0 aliphatic rings. The predicted octanol–water partition coefficient (Wildman–Crippen LogP) is 2.33. The molecule has 0 fully saturated rings. The van der Waals surface area contributed by atoms with Crippen LogP contribution in [-0.2, 0) is 11.0 Å². The van der Waals surface area contributed by atoms with Gasteiger partial charge >= 0.3 is 0 Å². The minimum atomic E-state index is -0.352. The largest absolute Gasteiger partial charge is 0.278 e. The second-order valence-electron chi connectivity index (χ2n) is 7.76. The predicted molar refractivity (Wildman–Crippen MR) is 88.5 cm³/mol. The van der Waals surface area contributed by atoms with Gasteiger partial charge in [0.05, 0.1) is 23.0 Å². The summed E-state index contributed by atoms with van der Waals surface area (Å²) >= 11 is 0. The van der Waals surface area contributed by atoms with Crippen molar-refractivity contribution in [1.82, 2.24) is 29.4 Å². The van der Waals surface area contributed by atoms with E-state index in [9.17, 15) is 4.79 Å². The lowest BCUT2D eigenvalue weighted by atomic mass is 9.85. The van der Waals surface area contributed by atoms with Gasteiger partial charge in [-0.25, -0.2) is 9.97 Å². The summed E-state index contributed by atoms with van der Waals surface area (Å²) in [5.74, 6) is 0.363. The van der Waals surface area contributed by atoms with Crippen LogP contribution < -0.4 is 5.56 Å². The lowest BCUT2D eigenvalue weighted by Gasteiger charge is -2.21. The van der Waals surface area contributed by atoms with Gasteiger partial charge in [0.1, 0.15) is 6.33 Å². The molecule has 3 heterocycles. The molecule has 7 nitrogen and oxygen atoms in total. The number of hydrogen-bond donors (Lipinski definition) is 1. The van der Waals surface area contributed by atoms with Crippen molar-refractivity contribution in [1.29, 1.82) is 0 Å². The van der Waals surface area contributed by atoms with E-state index in [-0.39, 0.29) is 16.5 Å². The van der Waals surface area contributed by atoms with Crippen LogP contribution in [0.4, 0.5) is 0 Å². The van der Waals surface area contributed by atoms with Crippen LogP contribution >= 0.6 is 0 Å². The third-order valence-corrected chi connectivity index (χ3v) is 3.73. The molecule has 0 aliphatic carbocycles. The monoisotopic (exact) mass is 314 g/mol. The Morgan fingerprint density at radius 1 is 1.13 bits per heavy atom. The van der Waals surface area contributed by atoms with E-state index in [0.717, 1.165) is 5.56 Å². The van der Waals surface area contributed by atoms with Crippen LogP contribution in [0, 0.1) is 0 Å². The third kappa shape index (κ3) is 2.56. The second-order valence-corrected chi connectivity index (χ2v) is 7.76. The minimum Gasteiger partial charge on any atom is -0.278 e. The number of fused-ring (bicyclic) bond motifs is 1.